The SMILES string of the molecule is Oc1c(O)c(O)c(Nc2ccc(-c3ccccc3)c3ccccc23)c(O)c1O. The molecular formula is C22H17NO5. The lowest BCUT2D eigenvalue weighted by Gasteiger charge is -2.17. The van der Waals surface area contributed by atoms with Crippen molar-refractivity contribution in [3.8, 4) is 39.9 Å². The highest BCUT2D eigenvalue weighted by Crippen LogP contribution is 2.54. The van der Waals surface area contributed by atoms with Crippen LogP contribution in [0.25, 0.3) is 21.9 Å². The normalized spacial score (nSPS) is 10.9. The van der Waals surface area contributed by atoms with Crippen LogP contribution in [-0.4, -0.2) is 25.5 Å². The Bertz CT molecular complexity index is 1160. The lowest BCUT2D eigenvalue weighted by atomic mass is 9.97. The summed E-state index contributed by atoms with van der Waals surface area (Å²) < 4.78 is 0. The molecule has 4 aromatic rings. The summed E-state index contributed by atoms with van der Waals surface area (Å²) in [6.07, 6.45) is 0. The van der Waals surface area contributed by atoms with E-state index >= 15 is 0 Å². The molecule has 0 saturated heterocycles. The lowest BCUT2D eigenvalue weighted by Crippen LogP contribution is -1.95. The molecule has 0 spiro atoms. The average Bonchev–Trinajstić information content (AvgIpc) is 2.74. The number of nitrogens with one attached hydrogen (secondary N) is 1. The molecule has 0 aliphatic heterocycles. The van der Waals surface area contributed by atoms with Crippen LogP contribution in [0, 0.1) is 0 Å². The van der Waals surface area contributed by atoms with Crippen LogP contribution >= 0.6 is 0 Å². The third kappa shape index (κ3) is 2.68. The fourth-order valence-electron chi connectivity index (χ4n) is 3.22. The molecule has 0 aliphatic rings. The van der Waals surface area contributed by atoms with Crippen LogP contribution in [0.4, 0.5) is 11.4 Å². The molecule has 0 heterocycles. The summed E-state index contributed by atoms with van der Waals surface area (Å²) >= 11 is 0. The van der Waals surface area contributed by atoms with Gasteiger partial charge in [0.1, 0.15) is 5.69 Å². The van der Waals surface area contributed by atoms with Crippen molar-refractivity contribution >= 4 is 22.1 Å². The van der Waals surface area contributed by atoms with E-state index in [1.54, 1.807) is 6.07 Å². The van der Waals surface area contributed by atoms with Gasteiger partial charge in [-0.25, -0.2) is 0 Å². The first-order chi connectivity index (χ1) is 13.5. The monoisotopic (exact) mass is 375 g/mol. The zero-order valence-electron chi connectivity index (χ0n) is 14.6. The number of phenolic OH excluding ortho intramolecular Hbond substituents is 5. The maximum atomic E-state index is 10.1. The molecule has 0 fully saturated rings. The number of hydrogen-bond donors (Lipinski definition) is 6. The number of rotatable bonds is 3. The first kappa shape index (κ1) is 17.4. The second-order valence-corrected chi connectivity index (χ2v) is 6.32. The Morgan fingerprint density at radius 3 is 1.68 bits per heavy atom. The summed E-state index contributed by atoms with van der Waals surface area (Å²) in [7, 11) is 0. The van der Waals surface area contributed by atoms with Crippen molar-refractivity contribution in [2.45, 2.75) is 0 Å². The third-order valence-corrected chi connectivity index (χ3v) is 4.64. The minimum atomic E-state index is -0.996. The highest BCUT2D eigenvalue weighted by Gasteiger charge is 2.23. The van der Waals surface area contributed by atoms with Crippen LogP contribution in [0.3, 0.4) is 0 Å². The second kappa shape index (κ2) is 6.59. The Balaban J connectivity index is 1.89. The number of aromatic hydroxyl groups is 5. The molecule has 0 aliphatic carbocycles. The van der Waals surface area contributed by atoms with Crippen LogP contribution in [0.15, 0.2) is 66.7 Å². The van der Waals surface area contributed by atoms with Crippen LogP contribution < -0.4 is 5.32 Å². The van der Waals surface area contributed by atoms with E-state index in [4.69, 9.17) is 0 Å². The summed E-state index contributed by atoms with van der Waals surface area (Å²) in [4.78, 5) is 0. The minimum absolute atomic E-state index is 0.314. The van der Waals surface area contributed by atoms with E-state index in [9.17, 15) is 25.5 Å². The molecule has 0 saturated carbocycles. The van der Waals surface area contributed by atoms with Gasteiger partial charge >= 0.3 is 0 Å². The fourth-order valence-corrected chi connectivity index (χ4v) is 3.22. The molecule has 0 unspecified atom stereocenters. The number of hydrogen-bond acceptors (Lipinski definition) is 6. The van der Waals surface area contributed by atoms with E-state index < -0.39 is 28.7 Å². The van der Waals surface area contributed by atoms with Crippen LogP contribution in [-0.2, 0) is 0 Å². The molecule has 0 aromatic heterocycles. The molecule has 6 nitrogen and oxygen atoms in total. The Hall–Kier alpha value is -4.06. The Morgan fingerprint density at radius 2 is 1.04 bits per heavy atom. The topological polar surface area (TPSA) is 113 Å². The molecule has 0 bridgehead atoms. The third-order valence-electron chi connectivity index (χ3n) is 4.64. The van der Waals surface area contributed by atoms with Gasteiger partial charge in [0.2, 0.25) is 17.2 Å². The van der Waals surface area contributed by atoms with E-state index in [1.807, 2.05) is 60.7 Å². The van der Waals surface area contributed by atoms with E-state index in [1.165, 1.54) is 0 Å². The average molecular weight is 375 g/mol. The van der Waals surface area contributed by atoms with Gasteiger partial charge in [-0.3, -0.25) is 0 Å². The molecular weight excluding hydrogens is 358 g/mol. The van der Waals surface area contributed by atoms with Gasteiger partial charge in [-0.2, -0.15) is 0 Å². The van der Waals surface area contributed by atoms with E-state index in [2.05, 4.69) is 5.32 Å². The van der Waals surface area contributed by atoms with Crippen LogP contribution in [0.1, 0.15) is 0 Å². The molecule has 0 radical (unpaired) electrons. The van der Waals surface area contributed by atoms with Gasteiger partial charge in [0.25, 0.3) is 0 Å². The van der Waals surface area contributed by atoms with Gasteiger partial charge in [0.15, 0.2) is 11.5 Å². The number of anilines is 2. The number of phenols is 5. The van der Waals surface area contributed by atoms with Gasteiger partial charge in [-0.05, 0) is 22.6 Å². The summed E-state index contributed by atoms with van der Waals surface area (Å²) in [6.45, 7) is 0. The maximum Gasteiger partial charge on any atom is 0.208 e. The Kier molecular flexibility index (Phi) is 4.08. The van der Waals surface area contributed by atoms with Crippen molar-refractivity contribution in [2.75, 3.05) is 5.32 Å². The lowest BCUT2D eigenvalue weighted by molar-refractivity contribution is 0.330. The van der Waals surface area contributed by atoms with Gasteiger partial charge < -0.3 is 30.8 Å². The molecule has 140 valence electrons. The van der Waals surface area contributed by atoms with Crippen molar-refractivity contribution in [3.05, 3.63) is 66.7 Å². The maximum absolute atomic E-state index is 10.1. The first-order valence-corrected chi connectivity index (χ1v) is 8.52. The van der Waals surface area contributed by atoms with Crippen molar-refractivity contribution in [1.29, 1.82) is 0 Å². The zero-order valence-corrected chi connectivity index (χ0v) is 14.6. The molecule has 4 aromatic carbocycles. The van der Waals surface area contributed by atoms with Crippen molar-refractivity contribution in [2.24, 2.45) is 0 Å². The van der Waals surface area contributed by atoms with Crippen LogP contribution in [0.2, 0.25) is 0 Å². The first-order valence-electron chi connectivity index (χ1n) is 8.52. The second-order valence-electron chi connectivity index (χ2n) is 6.32. The standard InChI is InChI=1S/C22H17NO5/c24-18-17(19(25)21(27)22(28)20(18)26)23-16-11-10-13(12-6-2-1-3-7-12)14-8-4-5-9-15(14)16/h1-11,23-28H. The van der Waals surface area contributed by atoms with E-state index in [-0.39, 0.29) is 5.69 Å². The van der Waals surface area contributed by atoms with E-state index in [0.29, 0.717) is 5.69 Å². The smallest absolute Gasteiger partial charge is 0.208 e. The minimum Gasteiger partial charge on any atom is -0.503 e. The Labute approximate surface area is 160 Å². The number of fused-ring (bicyclic) bond motifs is 1. The molecule has 4 rings (SSSR count). The summed E-state index contributed by atoms with van der Waals surface area (Å²) in [5.74, 6) is -4.40. The predicted molar refractivity (Wildman–Crippen MR) is 107 cm³/mol. The quantitative estimate of drug-likeness (QED) is 0.227. The molecule has 0 atom stereocenters. The predicted octanol–water partition coefficient (Wildman–Crippen LogP) is 4.78. The highest BCUT2D eigenvalue weighted by atomic mass is 16.4. The van der Waals surface area contributed by atoms with Crippen molar-refractivity contribution in [3.63, 3.8) is 0 Å². The van der Waals surface area contributed by atoms with Gasteiger partial charge in [-0.1, -0.05) is 60.7 Å². The van der Waals surface area contributed by atoms with Crippen molar-refractivity contribution < 1.29 is 25.5 Å². The summed E-state index contributed by atoms with van der Waals surface area (Å²) in [6, 6.07) is 21.1. The van der Waals surface area contributed by atoms with Gasteiger partial charge in [-0.15, -0.1) is 0 Å². The van der Waals surface area contributed by atoms with Crippen LogP contribution in [0.5, 0.6) is 28.7 Å². The summed E-state index contributed by atoms with van der Waals surface area (Å²) in [5, 5.41) is 53.9. The zero-order chi connectivity index (χ0) is 19.8. The largest absolute Gasteiger partial charge is 0.503 e. The molecule has 6 N–H and O–H groups in total. The fraction of sp³-hybridized carbons (Fsp3) is 0. The number of benzene rings is 4. The van der Waals surface area contributed by atoms with Crippen molar-refractivity contribution in [1.82, 2.24) is 0 Å². The molecule has 28 heavy (non-hydrogen) atoms. The summed E-state index contributed by atoms with van der Waals surface area (Å²) in [5.41, 5.74) is 2.26. The van der Waals surface area contributed by atoms with Gasteiger partial charge in [0, 0.05) is 11.1 Å². The van der Waals surface area contributed by atoms with Gasteiger partial charge in [0.05, 0.1) is 0 Å². The molecule has 6 heteroatoms. The highest BCUT2D eigenvalue weighted by molar-refractivity contribution is 6.05. The molecule has 0 amide bonds. The Morgan fingerprint density at radius 1 is 0.500 bits per heavy atom. The van der Waals surface area contributed by atoms with E-state index in [0.717, 1.165) is 21.9 Å².